The molecule has 0 bridgehead atoms. The van der Waals surface area contributed by atoms with Crippen molar-refractivity contribution < 1.29 is 14.6 Å². The van der Waals surface area contributed by atoms with E-state index < -0.39 is 6.10 Å². The molecule has 6 heteroatoms. The molecule has 0 radical (unpaired) electrons. The summed E-state index contributed by atoms with van der Waals surface area (Å²) in [7, 11) is 2.18. The third kappa shape index (κ3) is 4.41. The molecule has 2 atom stereocenters. The third-order valence-electron chi connectivity index (χ3n) is 6.60. The minimum Gasteiger partial charge on any atom is -0.453 e. The van der Waals surface area contributed by atoms with E-state index in [4.69, 9.17) is 4.74 Å². The largest absolute Gasteiger partial charge is 0.453 e. The maximum absolute atomic E-state index is 12.9. The number of hydrogen-bond acceptors (Lipinski definition) is 5. The van der Waals surface area contributed by atoms with Crippen molar-refractivity contribution in [2.45, 2.75) is 45.3 Å². The summed E-state index contributed by atoms with van der Waals surface area (Å²) in [6.45, 7) is 7.34. The topological polar surface area (TPSA) is 56.3 Å². The van der Waals surface area contributed by atoms with Gasteiger partial charge in [-0.1, -0.05) is 26.0 Å². The Bertz CT molecular complexity index is 932. The quantitative estimate of drug-likeness (QED) is 0.721. The van der Waals surface area contributed by atoms with E-state index >= 15 is 0 Å². The maximum atomic E-state index is 12.9. The number of anilines is 2. The summed E-state index contributed by atoms with van der Waals surface area (Å²) in [5, 5.41) is 9.78. The summed E-state index contributed by atoms with van der Waals surface area (Å²) in [6, 6.07) is 14.3. The highest BCUT2D eigenvalue weighted by Gasteiger charge is 2.29. The van der Waals surface area contributed by atoms with Gasteiger partial charge >= 0.3 is 0 Å². The number of amides is 1. The van der Waals surface area contributed by atoms with Gasteiger partial charge in [0.1, 0.15) is 0 Å². The Morgan fingerprint density at radius 2 is 1.97 bits per heavy atom. The Balaban J connectivity index is 1.61. The number of fused-ring (bicyclic) bond motifs is 2. The average molecular weight is 424 g/mol. The molecule has 4 rings (SSSR count). The Kier molecular flexibility index (Phi) is 6.49. The van der Waals surface area contributed by atoms with E-state index in [1.54, 1.807) is 4.90 Å². The Morgan fingerprint density at radius 3 is 2.68 bits per heavy atom. The minimum atomic E-state index is -0.423. The van der Waals surface area contributed by atoms with Crippen LogP contribution in [-0.4, -0.2) is 66.2 Å². The van der Waals surface area contributed by atoms with Gasteiger partial charge in [-0.2, -0.15) is 0 Å². The summed E-state index contributed by atoms with van der Waals surface area (Å²) in [5.74, 6) is 1.47. The summed E-state index contributed by atoms with van der Waals surface area (Å²) >= 11 is 0. The smallest absolute Gasteiger partial charge is 0.254 e. The van der Waals surface area contributed by atoms with Gasteiger partial charge in [0, 0.05) is 31.2 Å². The van der Waals surface area contributed by atoms with Crippen molar-refractivity contribution in [1.82, 2.24) is 9.80 Å². The lowest BCUT2D eigenvalue weighted by molar-refractivity contribution is 0.0764. The zero-order chi connectivity index (χ0) is 22.0. The van der Waals surface area contributed by atoms with Gasteiger partial charge in [-0.25, -0.2) is 0 Å². The summed E-state index contributed by atoms with van der Waals surface area (Å²) in [4.78, 5) is 19.3. The zero-order valence-electron chi connectivity index (χ0n) is 18.8. The number of carbonyl (C=O) groups excluding carboxylic acids is 1. The molecule has 0 spiro atoms. The highest BCUT2D eigenvalue weighted by Crippen LogP contribution is 2.47. The van der Waals surface area contributed by atoms with Crippen molar-refractivity contribution in [2.75, 3.05) is 38.1 Å². The number of β-amino-alcohol motifs (C(OH)–C–C–N with tert-alkyl or cyclic N) is 1. The lowest BCUT2D eigenvalue weighted by Gasteiger charge is -2.35. The monoisotopic (exact) mass is 423 g/mol. The second-order valence-electron chi connectivity index (χ2n) is 8.52. The molecule has 1 fully saturated rings. The van der Waals surface area contributed by atoms with E-state index in [1.165, 1.54) is 0 Å². The first-order chi connectivity index (χ1) is 15.0. The van der Waals surface area contributed by atoms with Gasteiger partial charge in [-0.15, -0.1) is 0 Å². The van der Waals surface area contributed by atoms with Crippen LogP contribution in [-0.2, 0) is 0 Å². The fourth-order valence-electron chi connectivity index (χ4n) is 4.59. The fraction of sp³-hybridized carbons (Fsp3) is 0.480. The molecule has 2 aliphatic heterocycles. The van der Waals surface area contributed by atoms with Gasteiger partial charge in [0.25, 0.3) is 5.91 Å². The third-order valence-corrected chi connectivity index (χ3v) is 6.60. The minimum absolute atomic E-state index is 0.0519. The molecule has 2 heterocycles. The van der Waals surface area contributed by atoms with Crippen LogP contribution in [0.3, 0.4) is 0 Å². The highest BCUT2D eigenvalue weighted by atomic mass is 16.5. The highest BCUT2D eigenvalue weighted by molar-refractivity contribution is 5.96. The number of ether oxygens (including phenoxy) is 1. The van der Waals surface area contributed by atoms with E-state index in [2.05, 4.69) is 36.8 Å². The maximum Gasteiger partial charge on any atom is 0.254 e. The lowest BCUT2D eigenvalue weighted by Crippen LogP contribution is -2.35. The molecular formula is C25H33N3O3. The number of likely N-dealkylation sites (tertiary alicyclic amines) is 1. The molecule has 1 N–H and O–H groups in total. The molecule has 1 saturated heterocycles. The van der Waals surface area contributed by atoms with Crippen molar-refractivity contribution in [3.63, 3.8) is 0 Å². The average Bonchev–Trinajstić information content (AvgIpc) is 3.23. The van der Waals surface area contributed by atoms with Crippen molar-refractivity contribution in [1.29, 1.82) is 0 Å². The van der Waals surface area contributed by atoms with Crippen LogP contribution in [0.1, 0.15) is 43.5 Å². The predicted octanol–water partition coefficient (Wildman–Crippen LogP) is 4.26. The number of carbonyl (C=O) groups is 1. The normalized spacial score (nSPS) is 18.5. The van der Waals surface area contributed by atoms with E-state index in [0.717, 1.165) is 43.1 Å². The molecule has 0 aliphatic carbocycles. The van der Waals surface area contributed by atoms with Crippen LogP contribution in [0.15, 0.2) is 42.5 Å². The van der Waals surface area contributed by atoms with Gasteiger partial charge < -0.3 is 24.5 Å². The SMILES string of the molecule is CCC(CCN1c2ccccc2Oc2cc(C(=O)N3CC[C@H](O)C3)ccc21)N(C)CC. The number of nitrogens with zero attached hydrogens (tertiary/aromatic N) is 3. The number of rotatable bonds is 7. The summed E-state index contributed by atoms with van der Waals surface area (Å²) < 4.78 is 6.21. The number of hydrogen-bond donors (Lipinski definition) is 1. The first-order valence-corrected chi connectivity index (χ1v) is 11.4. The number of benzene rings is 2. The van der Waals surface area contributed by atoms with Crippen LogP contribution >= 0.6 is 0 Å². The Morgan fingerprint density at radius 1 is 1.19 bits per heavy atom. The van der Waals surface area contributed by atoms with Crippen LogP contribution in [0, 0.1) is 0 Å². The molecule has 0 aromatic heterocycles. The van der Waals surface area contributed by atoms with E-state index in [9.17, 15) is 9.90 Å². The molecule has 2 aromatic rings. The van der Waals surface area contributed by atoms with Gasteiger partial charge in [0.2, 0.25) is 0 Å². The molecule has 2 aliphatic rings. The molecular weight excluding hydrogens is 390 g/mol. The second kappa shape index (κ2) is 9.28. The van der Waals surface area contributed by atoms with Crippen molar-refractivity contribution in [2.24, 2.45) is 0 Å². The van der Waals surface area contributed by atoms with Crippen LogP contribution in [0.4, 0.5) is 11.4 Å². The summed E-state index contributed by atoms with van der Waals surface area (Å²) in [6.07, 6.45) is 2.37. The summed E-state index contributed by atoms with van der Waals surface area (Å²) in [5.41, 5.74) is 2.65. The van der Waals surface area contributed by atoms with Crippen LogP contribution in [0.2, 0.25) is 0 Å². The van der Waals surface area contributed by atoms with Gasteiger partial charge in [0.05, 0.1) is 17.5 Å². The Labute approximate surface area is 185 Å². The molecule has 166 valence electrons. The van der Waals surface area contributed by atoms with Crippen LogP contribution in [0.5, 0.6) is 11.5 Å². The number of para-hydroxylation sites is 2. The van der Waals surface area contributed by atoms with E-state index in [-0.39, 0.29) is 5.91 Å². The molecule has 0 saturated carbocycles. The number of aliphatic hydroxyl groups excluding tert-OH is 1. The van der Waals surface area contributed by atoms with Gasteiger partial charge in [-0.05, 0) is 63.2 Å². The van der Waals surface area contributed by atoms with E-state index in [1.807, 2.05) is 36.4 Å². The Hall–Kier alpha value is -2.57. The van der Waals surface area contributed by atoms with E-state index in [0.29, 0.717) is 36.9 Å². The van der Waals surface area contributed by atoms with Crippen LogP contribution in [0.25, 0.3) is 0 Å². The van der Waals surface area contributed by atoms with Gasteiger partial charge in [0.15, 0.2) is 11.5 Å². The zero-order valence-corrected chi connectivity index (χ0v) is 18.8. The molecule has 31 heavy (non-hydrogen) atoms. The van der Waals surface area contributed by atoms with Gasteiger partial charge in [-0.3, -0.25) is 4.79 Å². The molecule has 1 amide bonds. The van der Waals surface area contributed by atoms with Crippen molar-refractivity contribution in [3.8, 4) is 11.5 Å². The first kappa shape index (κ1) is 21.7. The standard InChI is InChI=1S/C25H33N3O3/c1-4-19(26(3)5-2)12-15-28-21-8-6-7-9-23(21)31-24-16-18(10-11-22(24)28)25(30)27-14-13-20(29)17-27/h6-11,16,19-20,29H,4-5,12-15,17H2,1-3H3/t19?,20-/m0/s1. The molecule has 1 unspecified atom stereocenters. The molecule has 2 aromatic carbocycles. The second-order valence-corrected chi connectivity index (χ2v) is 8.52. The van der Waals surface area contributed by atoms with Crippen molar-refractivity contribution >= 4 is 17.3 Å². The van der Waals surface area contributed by atoms with Crippen molar-refractivity contribution in [3.05, 3.63) is 48.0 Å². The first-order valence-electron chi connectivity index (χ1n) is 11.4. The molecule has 6 nitrogen and oxygen atoms in total. The lowest BCUT2D eigenvalue weighted by atomic mass is 10.1. The predicted molar refractivity (Wildman–Crippen MR) is 123 cm³/mol. The van der Waals surface area contributed by atoms with Crippen LogP contribution < -0.4 is 9.64 Å². The fourth-order valence-corrected chi connectivity index (χ4v) is 4.59. The number of aliphatic hydroxyl groups is 1.